The second kappa shape index (κ2) is 2.99. The number of benzene rings is 1. The zero-order valence-electron chi connectivity index (χ0n) is 6.43. The first-order chi connectivity index (χ1) is 6.16. The fourth-order valence-electron chi connectivity index (χ4n) is 1.12. The molecule has 0 fully saturated rings. The van der Waals surface area contributed by atoms with Crippen LogP contribution in [-0.4, -0.2) is 11.7 Å². The Morgan fingerprint density at radius 2 is 2.15 bits per heavy atom. The van der Waals surface area contributed by atoms with Gasteiger partial charge in [0.25, 0.3) is 0 Å². The van der Waals surface area contributed by atoms with E-state index in [1.807, 2.05) is 0 Å². The molecule has 2 rings (SSSR count). The van der Waals surface area contributed by atoms with Crippen LogP contribution in [0.2, 0.25) is 0 Å². The molecule has 0 radical (unpaired) electrons. The fraction of sp³-hybridized carbons (Fsp3) is 0.125. The second-order valence-corrected chi connectivity index (χ2v) is 3.59. The highest BCUT2D eigenvalue weighted by Crippen LogP contribution is 2.34. The summed E-state index contributed by atoms with van der Waals surface area (Å²) < 4.78 is 25.7. The minimum absolute atomic E-state index is 0.176. The SMILES string of the molecule is O=C1CSc2c(F)cc(F)cc2N1. The third-order valence-electron chi connectivity index (χ3n) is 1.63. The first kappa shape index (κ1) is 8.50. The van der Waals surface area contributed by atoms with Gasteiger partial charge in [0, 0.05) is 6.07 Å². The number of amides is 1. The van der Waals surface area contributed by atoms with Gasteiger partial charge in [-0.05, 0) is 6.07 Å². The Hall–Kier alpha value is -1.10. The number of carbonyl (C=O) groups excluding carboxylic acids is 1. The molecule has 0 saturated heterocycles. The number of anilines is 1. The van der Waals surface area contributed by atoms with E-state index in [0.717, 1.165) is 23.9 Å². The van der Waals surface area contributed by atoms with Gasteiger partial charge in [-0.25, -0.2) is 8.78 Å². The number of fused-ring (bicyclic) bond motifs is 1. The van der Waals surface area contributed by atoms with Crippen LogP contribution in [0.4, 0.5) is 14.5 Å². The van der Waals surface area contributed by atoms with Crippen LogP contribution in [0, 0.1) is 11.6 Å². The summed E-state index contributed by atoms with van der Waals surface area (Å²) in [6, 6.07) is 1.92. The lowest BCUT2D eigenvalue weighted by Crippen LogP contribution is -2.19. The van der Waals surface area contributed by atoms with E-state index >= 15 is 0 Å². The van der Waals surface area contributed by atoms with Crippen molar-refractivity contribution in [2.75, 3.05) is 11.1 Å². The van der Waals surface area contributed by atoms with Crippen molar-refractivity contribution < 1.29 is 13.6 Å². The molecular formula is C8H5F2NOS. The molecular weight excluding hydrogens is 196 g/mol. The van der Waals surface area contributed by atoms with Gasteiger partial charge in [-0.3, -0.25) is 4.79 Å². The maximum absolute atomic E-state index is 13.0. The Labute approximate surface area is 77.3 Å². The average Bonchev–Trinajstić information content (AvgIpc) is 2.02. The number of thioether (sulfide) groups is 1. The molecule has 0 bridgehead atoms. The number of hydrogen-bond donors (Lipinski definition) is 1. The molecule has 0 unspecified atom stereocenters. The molecule has 1 aromatic rings. The van der Waals surface area contributed by atoms with E-state index in [2.05, 4.69) is 5.32 Å². The van der Waals surface area contributed by atoms with Gasteiger partial charge in [-0.15, -0.1) is 11.8 Å². The van der Waals surface area contributed by atoms with E-state index in [0.29, 0.717) is 4.90 Å². The van der Waals surface area contributed by atoms with Crippen molar-refractivity contribution in [1.82, 2.24) is 0 Å². The lowest BCUT2D eigenvalue weighted by atomic mass is 10.3. The molecule has 1 aliphatic rings. The molecule has 13 heavy (non-hydrogen) atoms. The second-order valence-electron chi connectivity index (χ2n) is 2.60. The molecule has 0 saturated carbocycles. The van der Waals surface area contributed by atoms with Gasteiger partial charge < -0.3 is 5.32 Å². The third-order valence-corrected chi connectivity index (χ3v) is 2.74. The van der Waals surface area contributed by atoms with Crippen molar-refractivity contribution >= 4 is 23.4 Å². The quantitative estimate of drug-likeness (QED) is 0.695. The van der Waals surface area contributed by atoms with E-state index in [1.165, 1.54) is 0 Å². The van der Waals surface area contributed by atoms with Crippen molar-refractivity contribution in [3.63, 3.8) is 0 Å². The summed E-state index contributed by atoms with van der Waals surface area (Å²) in [4.78, 5) is 11.2. The highest BCUT2D eigenvalue weighted by Gasteiger charge is 2.19. The summed E-state index contributed by atoms with van der Waals surface area (Å²) in [6.07, 6.45) is 0. The van der Waals surface area contributed by atoms with Crippen molar-refractivity contribution in [2.24, 2.45) is 0 Å². The normalized spacial score (nSPS) is 15.1. The maximum atomic E-state index is 13.0. The standard InChI is InChI=1S/C8H5F2NOS/c9-4-1-5(10)8-6(2-4)11-7(12)3-13-8/h1-2H,3H2,(H,11,12). The van der Waals surface area contributed by atoms with Gasteiger partial charge >= 0.3 is 0 Å². The summed E-state index contributed by atoms with van der Waals surface area (Å²) in [5, 5.41) is 2.40. The minimum Gasteiger partial charge on any atom is -0.324 e. The Morgan fingerprint density at radius 1 is 1.38 bits per heavy atom. The van der Waals surface area contributed by atoms with Gasteiger partial charge in [-0.2, -0.15) is 0 Å². The number of carbonyl (C=O) groups is 1. The minimum atomic E-state index is -0.681. The summed E-state index contributed by atoms with van der Waals surface area (Å²) in [6.45, 7) is 0. The fourth-order valence-corrected chi connectivity index (χ4v) is 1.93. The van der Waals surface area contributed by atoms with Crippen LogP contribution in [-0.2, 0) is 4.79 Å². The molecule has 0 aliphatic carbocycles. The Balaban J connectivity index is 2.53. The molecule has 1 heterocycles. The first-order valence-electron chi connectivity index (χ1n) is 3.58. The summed E-state index contributed by atoms with van der Waals surface area (Å²) in [7, 11) is 0. The first-order valence-corrected chi connectivity index (χ1v) is 4.57. The van der Waals surface area contributed by atoms with Crippen molar-refractivity contribution in [3.05, 3.63) is 23.8 Å². The Morgan fingerprint density at radius 3 is 2.92 bits per heavy atom. The van der Waals surface area contributed by atoms with Crippen molar-refractivity contribution in [2.45, 2.75) is 4.90 Å². The largest absolute Gasteiger partial charge is 0.324 e. The van der Waals surface area contributed by atoms with Crippen LogP contribution in [0.15, 0.2) is 17.0 Å². The number of halogens is 2. The van der Waals surface area contributed by atoms with Crippen LogP contribution >= 0.6 is 11.8 Å². The lowest BCUT2D eigenvalue weighted by Gasteiger charge is -2.16. The smallest absolute Gasteiger partial charge is 0.234 e. The predicted octanol–water partition coefficient (Wildman–Crippen LogP) is 2.01. The molecule has 68 valence electrons. The van der Waals surface area contributed by atoms with E-state index in [4.69, 9.17) is 0 Å². The van der Waals surface area contributed by atoms with Gasteiger partial charge in [0.05, 0.1) is 16.3 Å². The third kappa shape index (κ3) is 1.51. The molecule has 1 aromatic carbocycles. The zero-order chi connectivity index (χ0) is 9.42. The van der Waals surface area contributed by atoms with E-state index in [-0.39, 0.29) is 17.3 Å². The van der Waals surface area contributed by atoms with Crippen molar-refractivity contribution in [1.29, 1.82) is 0 Å². The molecule has 1 aliphatic heterocycles. The van der Waals surface area contributed by atoms with E-state index in [9.17, 15) is 13.6 Å². The molecule has 1 N–H and O–H groups in total. The molecule has 1 amide bonds. The van der Waals surface area contributed by atoms with Crippen LogP contribution in [0.1, 0.15) is 0 Å². The highest BCUT2D eigenvalue weighted by atomic mass is 32.2. The van der Waals surface area contributed by atoms with E-state index in [1.54, 1.807) is 0 Å². The van der Waals surface area contributed by atoms with Gasteiger partial charge in [0.1, 0.15) is 11.6 Å². The monoisotopic (exact) mass is 201 g/mol. The van der Waals surface area contributed by atoms with Crippen molar-refractivity contribution in [3.8, 4) is 0 Å². The zero-order valence-corrected chi connectivity index (χ0v) is 7.25. The topological polar surface area (TPSA) is 29.1 Å². The molecule has 2 nitrogen and oxygen atoms in total. The molecule has 0 spiro atoms. The van der Waals surface area contributed by atoms with Crippen LogP contribution < -0.4 is 5.32 Å². The molecule has 0 aromatic heterocycles. The van der Waals surface area contributed by atoms with Crippen LogP contribution in [0.5, 0.6) is 0 Å². The molecule has 5 heteroatoms. The van der Waals surface area contributed by atoms with Gasteiger partial charge in [0.15, 0.2) is 0 Å². The molecule has 0 atom stereocenters. The summed E-state index contributed by atoms with van der Waals surface area (Å²) >= 11 is 1.08. The van der Waals surface area contributed by atoms with Crippen LogP contribution in [0.25, 0.3) is 0 Å². The summed E-state index contributed by atoms with van der Waals surface area (Å²) in [5.41, 5.74) is 0.221. The van der Waals surface area contributed by atoms with Gasteiger partial charge in [-0.1, -0.05) is 0 Å². The number of nitrogens with one attached hydrogen (secondary N) is 1. The number of hydrogen-bond acceptors (Lipinski definition) is 2. The van der Waals surface area contributed by atoms with Gasteiger partial charge in [0.2, 0.25) is 5.91 Å². The van der Waals surface area contributed by atoms with E-state index < -0.39 is 11.6 Å². The Kier molecular flexibility index (Phi) is 1.95. The number of rotatable bonds is 0. The average molecular weight is 201 g/mol. The predicted molar refractivity (Wildman–Crippen MR) is 45.7 cm³/mol. The maximum Gasteiger partial charge on any atom is 0.234 e. The lowest BCUT2D eigenvalue weighted by molar-refractivity contribution is -0.113. The summed E-state index contributed by atoms with van der Waals surface area (Å²) in [5.74, 6) is -1.36. The van der Waals surface area contributed by atoms with Crippen LogP contribution in [0.3, 0.4) is 0 Å². The Bertz CT molecular complexity index is 381. The highest BCUT2D eigenvalue weighted by molar-refractivity contribution is 8.00.